The van der Waals surface area contributed by atoms with E-state index >= 15 is 0 Å². The molecule has 0 unspecified atom stereocenters. The van der Waals surface area contributed by atoms with Crippen molar-refractivity contribution < 1.29 is 8.42 Å². The second-order valence-corrected chi connectivity index (χ2v) is 5.83. The normalized spacial score (nSPS) is 11.5. The number of hydrogen-bond donors (Lipinski definition) is 2. The van der Waals surface area contributed by atoms with Crippen molar-refractivity contribution in [2.75, 3.05) is 10.5 Å². The van der Waals surface area contributed by atoms with Crippen molar-refractivity contribution in [1.82, 2.24) is 14.8 Å². The summed E-state index contributed by atoms with van der Waals surface area (Å²) in [6.45, 7) is 3.43. The van der Waals surface area contributed by atoms with Crippen molar-refractivity contribution in [3.05, 3.63) is 29.7 Å². The fourth-order valence-electron chi connectivity index (χ4n) is 1.76. The Labute approximate surface area is 111 Å². The highest BCUT2D eigenvalue weighted by Gasteiger charge is 2.24. The third-order valence-corrected chi connectivity index (χ3v) is 4.27. The third kappa shape index (κ3) is 2.53. The van der Waals surface area contributed by atoms with Gasteiger partial charge in [0.15, 0.2) is 10.7 Å². The summed E-state index contributed by atoms with van der Waals surface area (Å²) in [6, 6.07) is 3.21. The summed E-state index contributed by atoms with van der Waals surface area (Å²) < 4.78 is 28.5. The van der Waals surface area contributed by atoms with Gasteiger partial charge in [-0.3, -0.25) is 14.4 Å². The number of aromatic nitrogens is 3. The van der Waals surface area contributed by atoms with E-state index in [0.29, 0.717) is 11.4 Å². The van der Waals surface area contributed by atoms with Gasteiger partial charge in [-0.25, -0.2) is 8.42 Å². The lowest BCUT2D eigenvalue weighted by atomic mass is 10.3. The number of anilines is 2. The number of sulfonamides is 1. The quantitative estimate of drug-likeness (QED) is 0.866. The molecule has 0 spiro atoms. The molecular weight excluding hydrogens is 266 g/mol. The lowest BCUT2D eigenvalue weighted by Crippen LogP contribution is -2.15. The van der Waals surface area contributed by atoms with Crippen molar-refractivity contribution >= 4 is 21.5 Å². The van der Waals surface area contributed by atoms with Crippen LogP contribution in [-0.2, 0) is 17.1 Å². The summed E-state index contributed by atoms with van der Waals surface area (Å²) >= 11 is 0. The summed E-state index contributed by atoms with van der Waals surface area (Å²) in [5.41, 5.74) is 7.29. The fraction of sp³-hybridized carbons (Fsp3) is 0.273. The zero-order valence-corrected chi connectivity index (χ0v) is 11.7. The molecule has 2 aromatic heterocycles. The molecule has 0 saturated carbocycles. The molecule has 0 saturated heterocycles. The molecule has 0 aliphatic heterocycles. The van der Waals surface area contributed by atoms with Gasteiger partial charge in [0.1, 0.15) is 0 Å². The lowest BCUT2D eigenvalue weighted by Gasteiger charge is -2.08. The van der Waals surface area contributed by atoms with Gasteiger partial charge in [-0.05, 0) is 26.0 Å². The van der Waals surface area contributed by atoms with Crippen molar-refractivity contribution in [3.63, 3.8) is 0 Å². The van der Waals surface area contributed by atoms with Crippen LogP contribution in [0.25, 0.3) is 0 Å². The number of nitrogen functional groups attached to an aromatic ring is 1. The SMILES string of the molecule is Cc1cc(NS(=O)(=O)c2c(N)nn(C)c2C)ccn1. The van der Waals surface area contributed by atoms with Gasteiger partial charge in [-0.2, -0.15) is 5.10 Å². The van der Waals surface area contributed by atoms with Gasteiger partial charge in [0, 0.05) is 18.9 Å². The molecular formula is C11H15N5O2S. The third-order valence-electron chi connectivity index (χ3n) is 2.72. The van der Waals surface area contributed by atoms with Crippen LogP contribution in [0.3, 0.4) is 0 Å². The van der Waals surface area contributed by atoms with E-state index in [0.717, 1.165) is 5.69 Å². The minimum Gasteiger partial charge on any atom is -0.381 e. The summed E-state index contributed by atoms with van der Waals surface area (Å²) in [4.78, 5) is 4.01. The molecule has 2 heterocycles. The molecule has 0 aliphatic carbocycles. The van der Waals surface area contributed by atoms with Gasteiger partial charge < -0.3 is 5.73 Å². The van der Waals surface area contributed by atoms with Crippen LogP contribution in [0.1, 0.15) is 11.4 Å². The molecule has 0 atom stereocenters. The first-order chi connectivity index (χ1) is 8.81. The van der Waals surface area contributed by atoms with E-state index in [9.17, 15) is 8.42 Å². The summed E-state index contributed by atoms with van der Waals surface area (Å²) in [6.07, 6.45) is 1.53. The van der Waals surface area contributed by atoms with Crippen LogP contribution in [0.4, 0.5) is 11.5 Å². The van der Waals surface area contributed by atoms with Gasteiger partial charge in [0.2, 0.25) is 0 Å². The average Bonchev–Trinajstić information content (AvgIpc) is 2.52. The fourth-order valence-corrected chi connectivity index (χ4v) is 3.14. The lowest BCUT2D eigenvalue weighted by molar-refractivity contribution is 0.600. The van der Waals surface area contributed by atoms with Gasteiger partial charge >= 0.3 is 0 Å². The smallest absolute Gasteiger partial charge is 0.267 e. The Kier molecular flexibility index (Phi) is 3.19. The minimum absolute atomic E-state index is 0.00413. The molecule has 0 bridgehead atoms. The highest BCUT2D eigenvalue weighted by Crippen LogP contribution is 2.23. The topological polar surface area (TPSA) is 103 Å². The van der Waals surface area contributed by atoms with Crippen LogP contribution in [0.5, 0.6) is 0 Å². The van der Waals surface area contributed by atoms with E-state index in [1.807, 2.05) is 0 Å². The molecule has 7 nitrogen and oxygen atoms in total. The standard InChI is InChI=1S/C11H15N5O2S/c1-7-6-9(4-5-13-7)15-19(17,18)10-8(2)16(3)14-11(10)12/h4-6H,1-3H3,(H2,12,14)(H,13,15). The Morgan fingerprint density at radius 2 is 2.05 bits per heavy atom. The van der Waals surface area contributed by atoms with E-state index in [-0.39, 0.29) is 10.7 Å². The van der Waals surface area contributed by atoms with Crippen molar-refractivity contribution in [2.45, 2.75) is 18.7 Å². The van der Waals surface area contributed by atoms with E-state index < -0.39 is 10.0 Å². The molecule has 102 valence electrons. The largest absolute Gasteiger partial charge is 0.381 e. The number of hydrogen-bond acceptors (Lipinski definition) is 5. The van der Waals surface area contributed by atoms with E-state index in [1.54, 1.807) is 33.0 Å². The molecule has 0 aliphatic rings. The van der Waals surface area contributed by atoms with Crippen molar-refractivity contribution in [1.29, 1.82) is 0 Å². The number of rotatable bonds is 3. The van der Waals surface area contributed by atoms with Crippen LogP contribution in [-0.4, -0.2) is 23.2 Å². The first-order valence-corrected chi connectivity index (χ1v) is 7.04. The highest BCUT2D eigenvalue weighted by atomic mass is 32.2. The van der Waals surface area contributed by atoms with Gasteiger partial charge in [0.25, 0.3) is 10.0 Å². The van der Waals surface area contributed by atoms with Crippen molar-refractivity contribution in [3.8, 4) is 0 Å². The van der Waals surface area contributed by atoms with E-state index in [4.69, 9.17) is 5.73 Å². The maximum Gasteiger partial charge on any atom is 0.267 e. The van der Waals surface area contributed by atoms with Gasteiger partial charge in [0.05, 0.1) is 11.4 Å². The van der Waals surface area contributed by atoms with Gasteiger partial charge in [-0.1, -0.05) is 0 Å². The molecule has 0 fully saturated rings. The molecule has 2 aromatic rings. The minimum atomic E-state index is -3.76. The van der Waals surface area contributed by atoms with Crippen LogP contribution >= 0.6 is 0 Å². The maximum atomic E-state index is 12.3. The molecule has 8 heteroatoms. The number of nitrogens with zero attached hydrogens (tertiary/aromatic N) is 3. The Balaban J connectivity index is 2.44. The zero-order chi connectivity index (χ0) is 14.2. The summed E-state index contributed by atoms with van der Waals surface area (Å²) in [5.74, 6) is -0.0155. The molecule has 0 radical (unpaired) electrons. The average molecular weight is 281 g/mol. The van der Waals surface area contributed by atoms with Crippen LogP contribution in [0, 0.1) is 13.8 Å². The first kappa shape index (κ1) is 13.3. The number of aryl methyl sites for hydroxylation is 2. The van der Waals surface area contributed by atoms with Crippen molar-refractivity contribution in [2.24, 2.45) is 7.05 Å². The van der Waals surface area contributed by atoms with Crippen LogP contribution < -0.4 is 10.5 Å². The van der Waals surface area contributed by atoms with E-state index in [2.05, 4.69) is 14.8 Å². The number of nitrogens with one attached hydrogen (secondary N) is 1. The predicted octanol–water partition coefficient (Wildman–Crippen LogP) is 0.815. The molecule has 2 rings (SSSR count). The van der Waals surface area contributed by atoms with Crippen LogP contribution in [0.15, 0.2) is 23.2 Å². The molecule has 3 N–H and O–H groups in total. The molecule has 0 aromatic carbocycles. The maximum absolute atomic E-state index is 12.3. The molecule has 19 heavy (non-hydrogen) atoms. The number of nitrogens with two attached hydrogens (primary N) is 1. The number of pyridine rings is 1. The predicted molar refractivity (Wildman–Crippen MR) is 72.1 cm³/mol. The monoisotopic (exact) mass is 281 g/mol. The Bertz CT molecular complexity index is 721. The van der Waals surface area contributed by atoms with E-state index in [1.165, 1.54) is 10.9 Å². The Hall–Kier alpha value is -2.09. The Morgan fingerprint density at radius 1 is 1.37 bits per heavy atom. The summed E-state index contributed by atoms with van der Waals surface area (Å²) in [7, 11) is -2.12. The highest BCUT2D eigenvalue weighted by molar-refractivity contribution is 7.93. The van der Waals surface area contributed by atoms with Gasteiger partial charge in [-0.15, -0.1) is 0 Å². The second-order valence-electron chi connectivity index (χ2n) is 4.21. The second kappa shape index (κ2) is 4.54. The first-order valence-electron chi connectivity index (χ1n) is 5.56. The summed E-state index contributed by atoms with van der Waals surface area (Å²) in [5, 5.41) is 3.90. The zero-order valence-electron chi connectivity index (χ0n) is 10.9. The molecule has 0 amide bonds. The van der Waals surface area contributed by atoms with Crippen LogP contribution in [0.2, 0.25) is 0 Å². The Morgan fingerprint density at radius 3 is 2.58 bits per heavy atom.